The molecular formula is C11H14N4O4. The summed E-state index contributed by atoms with van der Waals surface area (Å²) in [5.41, 5.74) is 5.40. The van der Waals surface area contributed by atoms with E-state index < -0.39 is 6.10 Å². The van der Waals surface area contributed by atoms with Gasteiger partial charge in [-0.1, -0.05) is 5.16 Å². The summed E-state index contributed by atoms with van der Waals surface area (Å²) in [6.07, 6.45) is 1.55. The zero-order chi connectivity index (χ0) is 13.8. The molecule has 19 heavy (non-hydrogen) atoms. The van der Waals surface area contributed by atoms with E-state index in [1.807, 2.05) is 6.92 Å². The van der Waals surface area contributed by atoms with E-state index in [-0.39, 0.29) is 23.3 Å². The Bertz CT molecular complexity index is 511. The summed E-state index contributed by atoms with van der Waals surface area (Å²) in [7, 11) is 0. The number of hydrogen-bond donors (Lipinski definition) is 1. The zero-order valence-electron chi connectivity index (χ0n) is 10.4. The summed E-state index contributed by atoms with van der Waals surface area (Å²) in [5, 5.41) is 3.65. The number of nitrogen functional groups attached to an aromatic ring is 1. The van der Waals surface area contributed by atoms with Crippen LogP contribution in [-0.4, -0.2) is 47.0 Å². The van der Waals surface area contributed by atoms with Crippen LogP contribution in [0.15, 0.2) is 15.8 Å². The van der Waals surface area contributed by atoms with Crippen LogP contribution in [-0.2, 0) is 14.4 Å². The third kappa shape index (κ3) is 2.72. The van der Waals surface area contributed by atoms with Crippen molar-refractivity contribution in [1.82, 2.24) is 9.88 Å². The van der Waals surface area contributed by atoms with Gasteiger partial charge in [-0.2, -0.15) is 4.98 Å². The monoisotopic (exact) mass is 266 g/mol. The molecule has 1 saturated heterocycles. The molecule has 0 bridgehead atoms. The van der Waals surface area contributed by atoms with Crippen LogP contribution in [0.3, 0.4) is 0 Å². The minimum Gasteiger partial charge on any atom is -0.432 e. The molecule has 1 aliphatic heterocycles. The molecule has 0 aromatic carbocycles. The number of amides is 1. The van der Waals surface area contributed by atoms with Crippen molar-refractivity contribution in [3.05, 3.63) is 12.0 Å². The number of oxime groups is 1. The van der Waals surface area contributed by atoms with Crippen molar-refractivity contribution < 1.29 is 18.8 Å². The molecule has 2 rings (SSSR count). The number of likely N-dealkylation sites (N-methyl/N-ethyl adjacent to an activating group) is 1. The van der Waals surface area contributed by atoms with Gasteiger partial charge in [-0.05, 0) is 6.92 Å². The molecule has 0 radical (unpaired) electrons. The lowest BCUT2D eigenvalue weighted by molar-refractivity contribution is -0.137. The number of rotatable bonds is 5. The molecule has 1 amide bonds. The van der Waals surface area contributed by atoms with E-state index in [4.69, 9.17) is 15.0 Å². The van der Waals surface area contributed by atoms with Gasteiger partial charge in [0.05, 0.1) is 0 Å². The van der Waals surface area contributed by atoms with Gasteiger partial charge in [0.25, 0.3) is 11.9 Å². The smallest absolute Gasteiger partial charge is 0.292 e. The van der Waals surface area contributed by atoms with Gasteiger partial charge in [-0.3, -0.25) is 9.59 Å². The highest BCUT2D eigenvalue weighted by Gasteiger charge is 2.32. The fourth-order valence-corrected chi connectivity index (χ4v) is 1.78. The Balaban J connectivity index is 2.05. The molecule has 1 fully saturated rings. The van der Waals surface area contributed by atoms with Crippen molar-refractivity contribution in [2.45, 2.75) is 19.4 Å². The molecule has 1 aromatic heterocycles. The molecule has 8 nitrogen and oxygen atoms in total. The number of oxazole rings is 1. The van der Waals surface area contributed by atoms with Gasteiger partial charge >= 0.3 is 0 Å². The lowest BCUT2D eigenvalue weighted by atomic mass is 10.3. The largest absolute Gasteiger partial charge is 0.432 e. The fraction of sp³-hybridized carbons (Fsp3) is 0.455. The maximum Gasteiger partial charge on any atom is 0.292 e. The number of aromatic nitrogens is 1. The van der Waals surface area contributed by atoms with E-state index in [0.29, 0.717) is 25.8 Å². The van der Waals surface area contributed by atoms with Crippen molar-refractivity contribution >= 4 is 23.9 Å². The molecule has 0 spiro atoms. The highest BCUT2D eigenvalue weighted by molar-refractivity contribution is 6.35. The predicted molar refractivity (Wildman–Crippen MR) is 65.3 cm³/mol. The molecule has 2 heterocycles. The SMILES string of the molecule is CCN1CCC(ON=C(C=O)c2coc(N)n2)C1=O. The summed E-state index contributed by atoms with van der Waals surface area (Å²) < 4.78 is 4.77. The third-order valence-corrected chi connectivity index (χ3v) is 2.80. The lowest BCUT2D eigenvalue weighted by Gasteiger charge is -2.12. The molecule has 0 aliphatic carbocycles. The summed E-state index contributed by atoms with van der Waals surface area (Å²) in [6, 6.07) is -0.0707. The minimum atomic E-state index is -0.654. The number of hydrogen-bond acceptors (Lipinski definition) is 7. The lowest BCUT2D eigenvalue weighted by Crippen LogP contribution is -2.30. The van der Waals surface area contributed by atoms with Gasteiger partial charge in [0.1, 0.15) is 12.0 Å². The van der Waals surface area contributed by atoms with Crippen LogP contribution >= 0.6 is 0 Å². The van der Waals surface area contributed by atoms with Gasteiger partial charge in [0, 0.05) is 19.5 Å². The van der Waals surface area contributed by atoms with Crippen LogP contribution in [0, 0.1) is 0 Å². The van der Waals surface area contributed by atoms with Crippen LogP contribution in [0.1, 0.15) is 19.0 Å². The number of carbonyl (C=O) groups excluding carboxylic acids is 2. The van der Waals surface area contributed by atoms with Crippen LogP contribution in [0.4, 0.5) is 6.01 Å². The average molecular weight is 266 g/mol. The molecule has 2 N–H and O–H groups in total. The highest BCUT2D eigenvalue weighted by atomic mass is 16.6. The minimum absolute atomic E-state index is 0.0665. The second-order valence-electron chi connectivity index (χ2n) is 3.97. The van der Waals surface area contributed by atoms with E-state index in [0.717, 1.165) is 0 Å². The predicted octanol–water partition coefficient (Wildman–Crippen LogP) is -0.203. The summed E-state index contributed by atoms with van der Waals surface area (Å²) in [5.74, 6) is -0.129. The van der Waals surface area contributed by atoms with Crippen LogP contribution in [0.25, 0.3) is 0 Å². The van der Waals surface area contributed by atoms with Crippen LogP contribution in [0.2, 0.25) is 0 Å². The molecule has 1 atom stereocenters. The fourth-order valence-electron chi connectivity index (χ4n) is 1.78. The first-order valence-corrected chi connectivity index (χ1v) is 5.84. The Morgan fingerprint density at radius 1 is 1.79 bits per heavy atom. The highest BCUT2D eigenvalue weighted by Crippen LogP contribution is 2.14. The van der Waals surface area contributed by atoms with E-state index in [1.165, 1.54) is 6.26 Å². The number of likely N-dealkylation sites (tertiary alicyclic amines) is 1. The number of carbonyl (C=O) groups is 2. The number of nitrogens with zero attached hydrogens (tertiary/aromatic N) is 3. The molecule has 1 aliphatic rings. The number of anilines is 1. The maximum absolute atomic E-state index is 11.8. The molecular weight excluding hydrogens is 252 g/mol. The number of nitrogens with two attached hydrogens (primary N) is 1. The van der Waals surface area contributed by atoms with Crippen molar-refractivity contribution in [3.63, 3.8) is 0 Å². The first kappa shape index (κ1) is 13.1. The second-order valence-corrected chi connectivity index (χ2v) is 3.97. The zero-order valence-corrected chi connectivity index (χ0v) is 10.4. The van der Waals surface area contributed by atoms with Crippen LogP contribution < -0.4 is 5.73 Å². The van der Waals surface area contributed by atoms with Crippen molar-refractivity contribution in [3.8, 4) is 0 Å². The summed E-state index contributed by atoms with van der Waals surface area (Å²) >= 11 is 0. The Morgan fingerprint density at radius 2 is 2.58 bits per heavy atom. The van der Waals surface area contributed by atoms with Crippen molar-refractivity contribution in [2.75, 3.05) is 18.8 Å². The second kappa shape index (κ2) is 5.51. The van der Waals surface area contributed by atoms with E-state index in [9.17, 15) is 9.59 Å². The van der Waals surface area contributed by atoms with E-state index in [2.05, 4.69) is 10.1 Å². The van der Waals surface area contributed by atoms with Crippen LogP contribution in [0.5, 0.6) is 0 Å². The average Bonchev–Trinajstić information content (AvgIpc) is 2.98. The Morgan fingerprint density at radius 3 is 3.11 bits per heavy atom. The van der Waals surface area contributed by atoms with Crippen molar-refractivity contribution in [2.24, 2.45) is 5.16 Å². The topological polar surface area (TPSA) is 111 Å². The molecule has 1 unspecified atom stereocenters. The third-order valence-electron chi connectivity index (χ3n) is 2.80. The first-order chi connectivity index (χ1) is 9.15. The maximum atomic E-state index is 11.8. The Labute approximate surface area is 109 Å². The summed E-state index contributed by atoms with van der Waals surface area (Å²) in [6.45, 7) is 3.14. The van der Waals surface area contributed by atoms with Gasteiger partial charge in [-0.25, -0.2) is 0 Å². The van der Waals surface area contributed by atoms with E-state index >= 15 is 0 Å². The quantitative estimate of drug-likeness (QED) is 0.448. The van der Waals surface area contributed by atoms with Crippen molar-refractivity contribution in [1.29, 1.82) is 0 Å². The van der Waals surface area contributed by atoms with Gasteiger partial charge in [0.2, 0.25) is 6.10 Å². The standard InChI is InChI=1S/C11H14N4O4/c1-2-15-4-3-9(10(15)17)19-14-7(5-16)8-6-18-11(12)13-8/h5-6,9H,2-4H2,1H3,(H2,12,13). The van der Waals surface area contributed by atoms with E-state index in [1.54, 1.807) is 4.90 Å². The molecule has 102 valence electrons. The molecule has 1 aromatic rings. The molecule has 0 saturated carbocycles. The first-order valence-electron chi connectivity index (χ1n) is 5.84. The molecule has 8 heteroatoms. The Hall–Kier alpha value is -2.38. The number of aldehydes is 1. The summed E-state index contributed by atoms with van der Waals surface area (Å²) in [4.78, 5) is 33.2. The Kier molecular flexibility index (Phi) is 3.79. The van der Waals surface area contributed by atoms with Gasteiger partial charge in [-0.15, -0.1) is 0 Å². The normalized spacial score (nSPS) is 19.8. The van der Waals surface area contributed by atoms with Gasteiger partial charge < -0.3 is 19.9 Å². The van der Waals surface area contributed by atoms with Gasteiger partial charge in [0.15, 0.2) is 12.0 Å².